The summed E-state index contributed by atoms with van der Waals surface area (Å²) in [4.78, 5) is 5.06. The third-order valence-corrected chi connectivity index (χ3v) is 4.22. The Hall–Kier alpha value is -2.90. The van der Waals surface area contributed by atoms with E-state index in [0.29, 0.717) is 11.1 Å². The van der Waals surface area contributed by atoms with Crippen molar-refractivity contribution in [2.75, 3.05) is 18.7 Å². The second kappa shape index (κ2) is 9.15. The number of alkyl halides is 10. The molecule has 14 heteroatoms. The lowest BCUT2D eigenvalue weighted by molar-refractivity contribution is -0.359. The Labute approximate surface area is 179 Å². The largest absolute Gasteiger partial charge is 0.497 e. The third kappa shape index (κ3) is 5.72. The smallest absolute Gasteiger partial charge is 0.460 e. The molecule has 1 atom stereocenters. The molecular formula is C19H15F10NO3. The molecule has 0 bridgehead atoms. The predicted octanol–water partition coefficient (Wildman–Crippen LogP) is 5.71. The molecule has 0 radical (unpaired) electrons. The minimum Gasteiger partial charge on any atom is -0.497 e. The Morgan fingerprint density at radius 3 is 1.97 bits per heavy atom. The van der Waals surface area contributed by atoms with Crippen molar-refractivity contribution in [2.24, 2.45) is 0 Å². The van der Waals surface area contributed by atoms with Crippen molar-refractivity contribution in [2.45, 2.75) is 30.3 Å². The normalized spacial score (nSPS) is 14.1. The lowest BCUT2D eigenvalue weighted by Crippen LogP contribution is -2.50. The Morgan fingerprint density at radius 2 is 1.42 bits per heavy atom. The van der Waals surface area contributed by atoms with Crippen molar-refractivity contribution >= 4 is 5.69 Å². The van der Waals surface area contributed by atoms with E-state index in [1.54, 1.807) is 0 Å². The summed E-state index contributed by atoms with van der Waals surface area (Å²) in [6.45, 7) is -1.31. The van der Waals surface area contributed by atoms with E-state index in [0.717, 1.165) is 12.1 Å². The van der Waals surface area contributed by atoms with Crippen LogP contribution in [0.1, 0.15) is 5.56 Å². The molecule has 0 heterocycles. The van der Waals surface area contributed by atoms with Gasteiger partial charge in [0.1, 0.15) is 5.75 Å². The van der Waals surface area contributed by atoms with Gasteiger partial charge in [-0.1, -0.05) is 18.2 Å². The van der Waals surface area contributed by atoms with Gasteiger partial charge in [-0.3, -0.25) is 0 Å². The zero-order valence-electron chi connectivity index (χ0n) is 16.4. The molecule has 0 aliphatic rings. The summed E-state index contributed by atoms with van der Waals surface area (Å²) in [6, 6.07) is 6.88. The van der Waals surface area contributed by atoms with Crippen LogP contribution in [0.5, 0.6) is 11.5 Å². The van der Waals surface area contributed by atoms with Crippen LogP contribution in [0.25, 0.3) is 0 Å². The van der Waals surface area contributed by atoms with Gasteiger partial charge in [-0.15, -0.1) is 0 Å². The lowest BCUT2D eigenvalue weighted by atomic mass is 10.0. The maximum absolute atomic E-state index is 14.0. The van der Waals surface area contributed by atoms with E-state index in [-0.39, 0.29) is 23.6 Å². The highest BCUT2D eigenvalue weighted by molar-refractivity contribution is 5.50. The topological polar surface area (TPSA) is 41.9 Å². The quantitative estimate of drug-likeness (QED) is 0.377. The van der Waals surface area contributed by atoms with Crippen LogP contribution in [0.3, 0.4) is 0 Å². The van der Waals surface area contributed by atoms with E-state index in [1.807, 2.05) is 0 Å². The summed E-state index contributed by atoms with van der Waals surface area (Å²) in [6.07, 6.45) is -14.7. The molecule has 4 nitrogen and oxygen atoms in total. The highest BCUT2D eigenvalue weighted by Gasteiger charge is 2.73. The molecule has 2 aromatic rings. The minimum absolute atomic E-state index is 0.118. The summed E-state index contributed by atoms with van der Waals surface area (Å²) >= 11 is 0. The first-order valence-electron chi connectivity index (χ1n) is 8.78. The number of hydroxylamine groups is 1. The van der Waals surface area contributed by atoms with Crippen molar-refractivity contribution in [1.82, 2.24) is 0 Å². The van der Waals surface area contributed by atoms with Gasteiger partial charge in [0, 0.05) is 11.6 Å². The first kappa shape index (κ1) is 26.4. The number of ether oxygens (including phenoxy) is 1. The molecule has 184 valence electrons. The molecule has 2 aromatic carbocycles. The van der Waals surface area contributed by atoms with Gasteiger partial charge < -0.3 is 14.7 Å². The average molecular weight is 495 g/mol. The van der Waals surface area contributed by atoms with E-state index in [9.17, 15) is 49.0 Å². The van der Waals surface area contributed by atoms with E-state index >= 15 is 0 Å². The van der Waals surface area contributed by atoms with E-state index in [4.69, 9.17) is 9.57 Å². The van der Waals surface area contributed by atoms with Crippen molar-refractivity contribution in [1.29, 1.82) is 0 Å². The molecule has 1 unspecified atom stereocenters. The number of anilines is 1. The number of hydrogen-bond acceptors (Lipinski definition) is 4. The monoisotopic (exact) mass is 495 g/mol. The number of hydrogen-bond donors (Lipinski definition) is 1. The number of aliphatic hydroxyl groups is 1. The van der Waals surface area contributed by atoms with Crippen LogP contribution in [0.4, 0.5) is 49.6 Å². The average Bonchev–Trinajstić information content (AvgIpc) is 2.71. The summed E-state index contributed by atoms with van der Waals surface area (Å²) in [7, 11) is 1.22. The molecule has 33 heavy (non-hydrogen) atoms. The van der Waals surface area contributed by atoms with E-state index in [1.165, 1.54) is 25.3 Å². The second-order valence-electron chi connectivity index (χ2n) is 6.59. The van der Waals surface area contributed by atoms with Crippen LogP contribution >= 0.6 is 0 Å². The van der Waals surface area contributed by atoms with Gasteiger partial charge in [0.2, 0.25) is 0 Å². The van der Waals surface area contributed by atoms with Gasteiger partial charge >= 0.3 is 24.2 Å². The second-order valence-corrected chi connectivity index (χ2v) is 6.59. The first-order valence-corrected chi connectivity index (χ1v) is 8.78. The predicted molar refractivity (Wildman–Crippen MR) is 94.4 cm³/mol. The Kier molecular flexibility index (Phi) is 7.31. The van der Waals surface area contributed by atoms with Gasteiger partial charge in [-0.25, -0.2) is 5.06 Å². The molecule has 0 fully saturated rings. The highest BCUT2D eigenvalue weighted by Crippen LogP contribution is 2.52. The third-order valence-electron chi connectivity index (χ3n) is 4.22. The summed E-state index contributed by atoms with van der Waals surface area (Å²) < 4.78 is 135. The maximum Gasteiger partial charge on any atom is 0.460 e. The van der Waals surface area contributed by atoms with Crippen LogP contribution in [0, 0.1) is 0 Å². The number of halogens is 10. The van der Waals surface area contributed by atoms with E-state index in [2.05, 4.69) is 0 Å². The van der Waals surface area contributed by atoms with Gasteiger partial charge in [0.05, 0.1) is 19.3 Å². The Bertz CT molecular complexity index is 946. The number of nitrogens with zero attached hydrogens (tertiary/aromatic N) is 1. The molecule has 1 N–H and O–H groups in total. The van der Waals surface area contributed by atoms with Crippen LogP contribution in [0.2, 0.25) is 0 Å². The lowest BCUT2D eigenvalue weighted by Gasteiger charge is -2.30. The van der Waals surface area contributed by atoms with Crippen LogP contribution in [-0.2, 0) is 5.92 Å². The van der Waals surface area contributed by atoms with Crippen molar-refractivity contribution < 1.29 is 58.6 Å². The first-order chi connectivity index (χ1) is 15.0. The summed E-state index contributed by atoms with van der Waals surface area (Å²) in [5.41, 5.74) is -1.99. The standard InChI is InChI=1S/C19H15F10NO3/c1-32-13-6-3-5-12(9-13)30(10-15(31)17(22,23)24)33-14-7-2-4-11(8-14)16(20,21)18(25,26)19(27,28)29/h2-9,15,31H,10H2,1H3. The molecule has 0 spiro atoms. The highest BCUT2D eigenvalue weighted by atomic mass is 19.4. The molecule has 2 rings (SSSR count). The number of rotatable bonds is 8. The molecule has 0 aliphatic heterocycles. The zero-order chi connectivity index (χ0) is 25.2. The summed E-state index contributed by atoms with van der Waals surface area (Å²) in [5, 5.41) is 9.77. The molecular weight excluding hydrogens is 480 g/mol. The number of aliphatic hydroxyl groups excluding tert-OH is 1. The SMILES string of the molecule is COc1cccc(N(CC(O)C(F)(F)F)Oc2cccc(C(F)(F)C(F)(F)C(F)(F)F)c2)c1. The van der Waals surface area contributed by atoms with Crippen LogP contribution in [0.15, 0.2) is 48.5 Å². The molecule has 0 aromatic heterocycles. The van der Waals surface area contributed by atoms with E-state index < -0.39 is 48.2 Å². The fraction of sp³-hybridized carbons (Fsp3) is 0.368. The Morgan fingerprint density at radius 1 is 0.848 bits per heavy atom. The van der Waals surface area contributed by atoms with Crippen molar-refractivity contribution in [3.63, 3.8) is 0 Å². The molecule has 0 aliphatic carbocycles. The van der Waals surface area contributed by atoms with Crippen LogP contribution in [-0.4, -0.2) is 43.1 Å². The minimum atomic E-state index is -6.59. The molecule has 0 saturated heterocycles. The fourth-order valence-corrected chi connectivity index (χ4v) is 2.46. The maximum atomic E-state index is 14.0. The fourth-order valence-electron chi connectivity index (χ4n) is 2.46. The summed E-state index contributed by atoms with van der Waals surface area (Å²) in [5.74, 6) is -12.9. The molecule has 0 saturated carbocycles. The van der Waals surface area contributed by atoms with Gasteiger partial charge in [-0.05, 0) is 24.3 Å². The van der Waals surface area contributed by atoms with Gasteiger partial charge in [0.25, 0.3) is 0 Å². The number of methoxy groups -OCH3 is 1. The Balaban J connectivity index is 2.44. The van der Waals surface area contributed by atoms with Gasteiger partial charge in [0.15, 0.2) is 11.9 Å². The van der Waals surface area contributed by atoms with Crippen LogP contribution < -0.4 is 14.6 Å². The molecule has 0 amide bonds. The van der Waals surface area contributed by atoms with Crippen molar-refractivity contribution in [3.05, 3.63) is 54.1 Å². The van der Waals surface area contributed by atoms with Gasteiger partial charge in [-0.2, -0.15) is 43.9 Å². The van der Waals surface area contributed by atoms with Crippen molar-refractivity contribution in [3.8, 4) is 11.5 Å². The zero-order valence-corrected chi connectivity index (χ0v) is 16.4. The number of benzene rings is 2.